The molecule has 0 bridgehead atoms. The van der Waals surface area contributed by atoms with E-state index in [0.717, 1.165) is 10.5 Å². The molecule has 1 aliphatic heterocycles. The predicted molar refractivity (Wildman–Crippen MR) is 96.0 cm³/mol. The molecule has 0 unspecified atom stereocenters. The lowest BCUT2D eigenvalue weighted by molar-refractivity contribution is -0.123. The maximum absolute atomic E-state index is 12.9. The Balaban J connectivity index is 2.10. The molecular weight excluding hydrogens is 346 g/mol. The Hall–Kier alpha value is -2.02. The van der Waals surface area contributed by atoms with E-state index in [-0.39, 0.29) is 17.7 Å². The summed E-state index contributed by atoms with van der Waals surface area (Å²) in [4.78, 5) is 26.4. The number of halogens is 1. The van der Waals surface area contributed by atoms with Crippen LogP contribution in [0.5, 0.6) is 0 Å². The number of fused-ring (bicyclic) bond motifs is 1. The van der Waals surface area contributed by atoms with Gasteiger partial charge >= 0.3 is 0 Å². The van der Waals surface area contributed by atoms with E-state index in [1.165, 1.54) is 16.7 Å². The smallest absolute Gasteiger partial charge is 0.245 e. The Labute approximate surface area is 148 Å². The summed E-state index contributed by atoms with van der Waals surface area (Å²) in [5, 5.41) is 0.267. The number of carbonyl (C=O) groups is 2. The molecule has 24 heavy (non-hydrogen) atoms. The third-order valence-electron chi connectivity index (χ3n) is 3.79. The summed E-state index contributed by atoms with van der Waals surface area (Å²) in [7, 11) is 0. The zero-order valence-corrected chi connectivity index (χ0v) is 14.3. The number of amides is 2. The molecule has 3 rings (SSSR count). The molecule has 7 heteroatoms. The van der Waals surface area contributed by atoms with Crippen LogP contribution < -0.4 is 16.4 Å². The normalized spacial score (nSPS) is 20.4. The lowest BCUT2D eigenvalue weighted by Crippen LogP contribution is -2.48. The van der Waals surface area contributed by atoms with E-state index in [9.17, 15) is 9.59 Å². The van der Waals surface area contributed by atoms with Crippen molar-refractivity contribution in [3.8, 4) is 0 Å². The summed E-state index contributed by atoms with van der Waals surface area (Å²) in [5.74, 6) is -0.934. The molecule has 1 aliphatic rings. The van der Waals surface area contributed by atoms with Gasteiger partial charge in [0.1, 0.15) is 12.6 Å². The van der Waals surface area contributed by atoms with Crippen LogP contribution in [0.15, 0.2) is 53.4 Å². The first-order valence-electron chi connectivity index (χ1n) is 7.34. The minimum absolute atomic E-state index is 0.219. The Bertz CT molecular complexity index is 785. The molecule has 2 amide bonds. The van der Waals surface area contributed by atoms with Gasteiger partial charge in [0.15, 0.2) is 0 Å². The van der Waals surface area contributed by atoms with Crippen LogP contribution in [0.1, 0.15) is 10.8 Å². The maximum atomic E-state index is 12.9. The van der Waals surface area contributed by atoms with Crippen molar-refractivity contribution in [1.29, 1.82) is 0 Å². The highest BCUT2D eigenvalue weighted by Crippen LogP contribution is 2.45. The third kappa shape index (κ3) is 3.26. The number of nitrogens with two attached hydrogens (primary N) is 2. The van der Waals surface area contributed by atoms with E-state index in [1.54, 1.807) is 18.2 Å². The molecule has 2 atom stereocenters. The largest absolute Gasteiger partial charge is 0.368 e. The summed E-state index contributed by atoms with van der Waals surface area (Å²) >= 11 is 7.57. The Kier molecular flexibility index (Phi) is 4.80. The second-order valence-corrected chi connectivity index (χ2v) is 7.10. The van der Waals surface area contributed by atoms with Gasteiger partial charge in [-0.1, -0.05) is 41.9 Å². The number of hydrogen-bond donors (Lipinski definition) is 2. The fourth-order valence-electron chi connectivity index (χ4n) is 2.68. The van der Waals surface area contributed by atoms with Crippen LogP contribution in [0.25, 0.3) is 0 Å². The van der Waals surface area contributed by atoms with E-state index in [4.69, 9.17) is 23.1 Å². The quantitative estimate of drug-likeness (QED) is 0.878. The number of rotatable bonds is 3. The highest BCUT2D eigenvalue weighted by molar-refractivity contribution is 7.99. The van der Waals surface area contributed by atoms with Gasteiger partial charge in [-0.3, -0.25) is 9.59 Å². The van der Waals surface area contributed by atoms with Crippen LogP contribution in [-0.4, -0.2) is 24.4 Å². The van der Waals surface area contributed by atoms with Crippen LogP contribution in [0.2, 0.25) is 5.02 Å². The molecule has 0 radical (unpaired) electrons. The van der Waals surface area contributed by atoms with Crippen molar-refractivity contribution in [3.63, 3.8) is 0 Å². The SMILES string of the molecule is NC(=O)CN1C(=O)[C@H](N)[C@@H](c2ccccc2)Sc2cc(Cl)ccc21. The van der Waals surface area contributed by atoms with Crippen LogP contribution in [-0.2, 0) is 9.59 Å². The monoisotopic (exact) mass is 361 g/mol. The number of carbonyl (C=O) groups excluding carboxylic acids is 2. The highest BCUT2D eigenvalue weighted by atomic mass is 35.5. The van der Waals surface area contributed by atoms with Gasteiger partial charge in [0.05, 0.1) is 10.9 Å². The van der Waals surface area contributed by atoms with Crippen LogP contribution in [0.3, 0.4) is 0 Å². The molecule has 2 aromatic carbocycles. The number of primary amides is 1. The Morgan fingerprint density at radius 3 is 2.58 bits per heavy atom. The van der Waals surface area contributed by atoms with Gasteiger partial charge in [0.2, 0.25) is 11.8 Å². The van der Waals surface area contributed by atoms with Crippen molar-refractivity contribution >= 4 is 40.9 Å². The fraction of sp³-hybridized carbons (Fsp3) is 0.176. The lowest BCUT2D eigenvalue weighted by Gasteiger charge is -2.24. The first kappa shape index (κ1) is 16.8. The number of thioether (sulfide) groups is 1. The summed E-state index contributed by atoms with van der Waals surface area (Å²) < 4.78 is 0. The standard InChI is InChI=1S/C17H16ClN3O2S/c18-11-6-7-12-13(8-11)24-16(10-4-2-1-3-5-10)15(20)17(23)21(12)9-14(19)22/h1-8,15-16H,9,20H2,(H2,19,22)/t15-,16-/m1/s1. The molecule has 0 aliphatic carbocycles. The van der Waals surface area contributed by atoms with Crippen LogP contribution in [0, 0.1) is 0 Å². The zero-order chi connectivity index (χ0) is 17.3. The molecule has 0 aromatic heterocycles. The minimum atomic E-state index is -0.803. The van der Waals surface area contributed by atoms with Crippen molar-refractivity contribution in [2.45, 2.75) is 16.2 Å². The average molecular weight is 362 g/mol. The summed E-state index contributed by atoms with van der Waals surface area (Å²) in [6.45, 7) is -0.219. The highest BCUT2D eigenvalue weighted by Gasteiger charge is 2.36. The molecule has 124 valence electrons. The lowest BCUT2D eigenvalue weighted by atomic mass is 10.0. The number of nitrogens with zero attached hydrogens (tertiary/aromatic N) is 1. The number of benzene rings is 2. The summed E-state index contributed by atoms with van der Waals surface area (Å²) in [5.41, 5.74) is 13.1. The molecule has 0 saturated carbocycles. The van der Waals surface area contributed by atoms with Gasteiger partial charge in [-0.15, -0.1) is 11.8 Å². The van der Waals surface area contributed by atoms with E-state index in [0.29, 0.717) is 10.7 Å². The van der Waals surface area contributed by atoms with Gasteiger partial charge in [-0.05, 0) is 23.8 Å². The van der Waals surface area contributed by atoms with Gasteiger partial charge in [0.25, 0.3) is 0 Å². The molecular formula is C17H16ClN3O2S. The van der Waals surface area contributed by atoms with Crippen LogP contribution >= 0.6 is 23.4 Å². The maximum Gasteiger partial charge on any atom is 0.245 e. The zero-order valence-electron chi connectivity index (χ0n) is 12.7. The minimum Gasteiger partial charge on any atom is -0.368 e. The molecule has 0 fully saturated rings. The first-order valence-corrected chi connectivity index (χ1v) is 8.59. The number of anilines is 1. The molecule has 1 heterocycles. The number of hydrogen-bond acceptors (Lipinski definition) is 4. The molecule has 0 saturated heterocycles. The third-order valence-corrected chi connectivity index (χ3v) is 5.42. The van der Waals surface area contributed by atoms with Gasteiger partial charge < -0.3 is 16.4 Å². The van der Waals surface area contributed by atoms with E-state index >= 15 is 0 Å². The average Bonchev–Trinajstić information content (AvgIpc) is 2.66. The predicted octanol–water partition coefficient (Wildman–Crippen LogP) is 2.33. The van der Waals surface area contributed by atoms with Crippen molar-refractivity contribution in [2.75, 3.05) is 11.4 Å². The van der Waals surface area contributed by atoms with E-state index in [1.807, 2.05) is 30.3 Å². The second-order valence-electron chi connectivity index (χ2n) is 5.48. The fourth-order valence-corrected chi connectivity index (χ4v) is 4.24. The van der Waals surface area contributed by atoms with E-state index < -0.39 is 11.9 Å². The molecule has 5 nitrogen and oxygen atoms in total. The summed E-state index contributed by atoms with van der Waals surface area (Å²) in [6, 6.07) is 13.9. The first-order chi connectivity index (χ1) is 11.5. The topological polar surface area (TPSA) is 89.4 Å². The van der Waals surface area contributed by atoms with Crippen LogP contribution in [0.4, 0.5) is 5.69 Å². The molecule has 4 N–H and O–H groups in total. The Morgan fingerprint density at radius 2 is 1.92 bits per heavy atom. The van der Waals surface area contributed by atoms with Crippen molar-refractivity contribution in [2.24, 2.45) is 11.5 Å². The van der Waals surface area contributed by atoms with Gasteiger partial charge in [0, 0.05) is 9.92 Å². The second kappa shape index (κ2) is 6.84. The van der Waals surface area contributed by atoms with Crippen molar-refractivity contribution in [3.05, 3.63) is 59.1 Å². The van der Waals surface area contributed by atoms with Gasteiger partial charge in [-0.25, -0.2) is 0 Å². The van der Waals surface area contributed by atoms with Crippen molar-refractivity contribution in [1.82, 2.24) is 0 Å². The Morgan fingerprint density at radius 1 is 1.21 bits per heavy atom. The van der Waals surface area contributed by atoms with Crippen molar-refractivity contribution < 1.29 is 9.59 Å². The van der Waals surface area contributed by atoms with Gasteiger partial charge in [-0.2, -0.15) is 0 Å². The molecule has 2 aromatic rings. The van der Waals surface area contributed by atoms with E-state index in [2.05, 4.69) is 0 Å². The molecule has 0 spiro atoms. The summed E-state index contributed by atoms with van der Waals surface area (Å²) in [6.07, 6.45) is 0.